The minimum absolute atomic E-state index is 0.0528. The number of rotatable bonds is 4. The molecule has 24 heavy (non-hydrogen) atoms. The van der Waals surface area contributed by atoms with Gasteiger partial charge in [0, 0.05) is 38.2 Å². The molecule has 1 fully saturated rings. The van der Waals surface area contributed by atoms with E-state index in [1.54, 1.807) is 30.3 Å². The Bertz CT molecular complexity index is 673. The number of nitrogens with one attached hydrogen (secondary N) is 1. The summed E-state index contributed by atoms with van der Waals surface area (Å²) < 4.78 is 11.0. The Morgan fingerprint density at radius 1 is 1.21 bits per heavy atom. The van der Waals surface area contributed by atoms with Gasteiger partial charge in [-0.05, 0) is 18.2 Å². The lowest BCUT2D eigenvalue weighted by molar-refractivity contribution is 0.110. The molecular weight excluding hydrogens is 308 g/mol. The first-order chi connectivity index (χ1) is 11.8. The molecule has 7 nitrogen and oxygen atoms in total. The predicted molar refractivity (Wildman–Crippen MR) is 89.3 cm³/mol. The summed E-state index contributed by atoms with van der Waals surface area (Å²) in [5.74, 6) is 1.17. The zero-order valence-corrected chi connectivity index (χ0v) is 13.5. The molecule has 0 saturated carbocycles. The van der Waals surface area contributed by atoms with Gasteiger partial charge in [0.25, 0.3) is 0 Å². The number of carbonyl (C=O) groups excluding carboxylic acids is 1. The summed E-state index contributed by atoms with van der Waals surface area (Å²) in [6.07, 6.45) is 3.18. The van der Waals surface area contributed by atoms with Gasteiger partial charge in [0.05, 0.1) is 12.8 Å². The Balaban J connectivity index is 1.52. The van der Waals surface area contributed by atoms with E-state index in [1.807, 2.05) is 24.3 Å². The lowest BCUT2D eigenvalue weighted by atomic mass is 10.1. The van der Waals surface area contributed by atoms with Gasteiger partial charge in [-0.1, -0.05) is 12.1 Å². The van der Waals surface area contributed by atoms with Gasteiger partial charge < -0.3 is 19.7 Å². The summed E-state index contributed by atoms with van der Waals surface area (Å²) in [5, 5.41) is 10.6. The van der Waals surface area contributed by atoms with Crippen LogP contribution in [0.3, 0.4) is 0 Å². The molecule has 0 aliphatic carbocycles. The molecule has 7 heteroatoms. The Morgan fingerprint density at radius 2 is 2.00 bits per heavy atom. The van der Waals surface area contributed by atoms with Crippen molar-refractivity contribution in [1.82, 2.24) is 15.1 Å². The molecule has 0 unspecified atom stereocenters. The molecule has 2 aromatic rings. The Hall–Kier alpha value is -2.83. The molecule has 3 rings (SSSR count). The van der Waals surface area contributed by atoms with Crippen molar-refractivity contribution >= 4 is 11.7 Å². The van der Waals surface area contributed by atoms with Gasteiger partial charge in [0.2, 0.25) is 5.88 Å². The zero-order chi connectivity index (χ0) is 16.8. The minimum atomic E-state index is -0.127. The number of urea groups is 1. The van der Waals surface area contributed by atoms with E-state index < -0.39 is 0 Å². The van der Waals surface area contributed by atoms with Gasteiger partial charge >= 0.3 is 6.03 Å². The molecule has 1 aromatic carbocycles. The number of amides is 2. The highest BCUT2D eigenvalue weighted by Crippen LogP contribution is 2.24. The molecule has 2 amide bonds. The number of benzene rings is 1. The van der Waals surface area contributed by atoms with Gasteiger partial charge in [0.15, 0.2) is 0 Å². The highest BCUT2D eigenvalue weighted by atomic mass is 16.5. The maximum Gasteiger partial charge on any atom is 0.321 e. The molecule has 2 heterocycles. The fourth-order valence-electron chi connectivity index (χ4n) is 2.64. The molecule has 1 N–H and O–H groups in total. The standard InChI is InChI=1S/C17H20N4O3/c1-23-15-6-3-2-5-14(15)19-17(22)21-11-8-13(9-12-21)24-16-7-4-10-18-20-16/h2-7,10,13H,8-9,11-12H2,1H3,(H,19,22). The number of carbonyl (C=O) groups is 1. The van der Waals surface area contributed by atoms with Crippen molar-refractivity contribution < 1.29 is 14.3 Å². The Morgan fingerprint density at radius 3 is 2.71 bits per heavy atom. The lowest BCUT2D eigenvalue weighted by Gasteiger charge is -2.31. The summed E-state index contributed by atoms with van der Waals surface area (Å²) >= 11 is 0. The number of hydrogen-bond donors (Lipinski definition) is 1. The van der Waals surface area contributed by atoms with E-state index in [2.05, 4.69) is 15.5 Å². The van der Waals surface area contributed by atoms with E-state index in [4.69, 9.17) is 9.47 Å². The van der Waals surface area contributed by atoms with Crippen LogP contribution in [0.5, 0.6) is 11.6 Å². The van der Waals surface area contributed by atoms with E-state index >= 15 is 0 Å². The van der Waals surface area contributed by atoms with Crippen molar-refractivity contribution in [1.29, 1.82) is 0 Å². The highest BCUT2D eigenvalue weighted by Gasteiger charge is 2.24. The quantitative estimate of drug-likeness (QED) is 0.933. The van der Waals surface area contributed by atoms with Crippen LogP contribution in [-0.2, 0) is 0 Å². The second kappa shape index (κ2) is 7.63. The number of para-hydroxylation sites is 2. The summed E-state index contributed by atoms with van der Waals surface area (Å²) in [6.45, 7) is 1.26. The average molecular weight is 328 g/mol. The normalized spacial score (nSPS) is 15.0. The number of methoxy groups -OCH3 is 1. The van der Waals surface area contributed by atoms with Crippen LogP contribution in [0.25, 0.3) is 0 Å². The summed E-state index contributed by atoms with van der Waals surface area (Å²) in [6, 6.07) is 10.8. The SMILES string of the molecule is COc1ccccc1NC(=O)N1CCC(Oc2cccnn2)CC1. The van der Waals surface area contributed by atoms with E-state index in [0.717, 1.165) is 12.8 Å². The molecule has 1 aromatic heterocycles. The van der Waals surface area contributed by atoms with Gasteiger partial charge in [-0.25, -0.2) is 4.79 Å². The number of ether oxygens (including phenoxy) is 2. The summed E-state index contributed by atoms with van der Waals surface area (Å²) in [4.78, 5) is 14.2. The molecule has 1 aliphatic heterocycles. The molecule has 126 valence electrons. The zero-order valence-electron chi connectivity index (χ0n) is 13.5. The first-order valence-electron chi connectivity index (χ1n) is 7.89. The van der Waals surface area contributed by atoms with E-state index in [0.29, 0.717) is 30.4 Å². The van der Waals surface area contributed by atoms with Crippen LogP contribution in [-0.4, -0.2) is 47.4 Å². The molecular formula is C17H20N4O3. The number of hydrogen-bond acceptors (Lipinski definition) is 5. The number of nitrogens with zero attached hydrogens (tertiary/aromatic N) is 3. The van der Waals surface area contributed by atoms with Crippen molar-refractivity contribution in [2.24, 2.45) is 0 Å². The number of likely N-dealkylation sites (tertiary alicyclic amines) is 1. The third-order valence-corrected chi connectivity index (χ3v) is 3.91. The van der Waals surface area contributed by atoms with Crippen LogP contribution in [0, 0.1) is 0 Å². The van der Waals surface area contributed by atoms with Crippen LogP contribution < -0.4 is 14.8 Å². The topological polar surface area (TPSA) is 76.6 Å². The van der Waals surface area contributed by atoms with Crippen LogP contribution >= 0.6 is 0 Å². The smallest absolute Gasteiger partial charge is 0.321 e. The highest BCUT2D eigenvalue weighted by molar-refractivity contribution is 5.91. The monoisotopic (exact) mass is 328 g/mol. The largest absolute Gasteiger partial charge is 0.495 e. The fourth-order valence-corrected chi connectivity index (χ4v) is 2.64. The van der Waals surface area contributed by atoms with Crippen molar-refractivity contribution in [3.05, 3.63) is 42.6 Å². The first kappa shape index (κ1) is 16.0. The molecule has 0 spiro atoms. The maximum absolute atomic E-state index is 12.4. The van der Waals surface area contributed by atoms with Gasteiger partial charge in [-0.15, -0.1) is 5.10 Å². The third-order valence-electron chi connectivity index (χ3n) is 3.91. The summed E-state index contributed by atoms with van der Waals surface area (Å²) in [5.41, 5.74) is 0.669. The number of piperidine rings is 1. The molecule has 0 bridgehead atoms. The predicted octanol–water partition coefficient (Wildman–Crippen LogP) is 2.56. The van der Waals surface area contributed by atoms with Gasteiger partial charge in [-0.3, -0.25) is 0 Å². The van der Waals surface area contributed by atoms with E-state index in [9.17, 15) is 4.79 Å². The molecule has 1 aliphatic rings. The summed E-state index contributed by atoms with van der Waals surface area (Å²) in [7, 11) is 1.58. The second-order valence-electron chi connectivity index (χ2n) is 5.50. The molecule has 0 atom stereocenters. The number of anilines is 1. The maximum atomic E-state index is 12.4. The lowest BCUT2D eigenvalue weighted by Crippen LogP contribution is -2.43. The molecule has 1 saturated heterocycles. The average Bonchev–Trinajstić information content (AvgIpc) is 2.63. The number of aromatic nitrogens is 2. The van der Waals surface area contributed by atoms with Crippen LogP contribution in [0.4, 0.5) is 10.5 Å². The Kier molecular flexibility index (Phi) is 5.10. The fraction of sp³-hybridized carbons (Fsp3) is 0.353. The van der Waals surface area contributed by atoms with Crippen molar-refractivity contribution in [3.63, 3.8) is 0 Å². The van der Waals surface area contributed by atoms with E-state index in [1.165, 1.54) is 0 Å². The first-order valence-corrected chi connectivity index (χ1v) is 7.89. The van der Waals surface area contributed by atoms with Crippen LogP contribution in [0.2, 0.25) is 0 Å². The van der Waals surface area contributed by atoms with Crippen molar-refractivity contribution in [3.8, 4) is 11.6 Å². The molecule has 0 radical (unpaired) electrons. The third kappa shape index (κ3) is 3.92. The second-order valence-corrected chi connectivity index (χ2v) is 5.50. The van der Waals surface area contributed by atoms with Gasteiger partial charge in [0.1, 0.15) is 11.9 Å². The van der Waals surface area contributed by atoms with Gasteiger partial charge in [-0.2, -0.15) is 5.10 Å². The van der Waals surface area contributed by atoms with Crippen LogP contribution in [0.15, 0.2) is 42.6 Å². The van der Waals surface area contributed by atoms with E-state index in [-0.39, 0.29) is 12.1 Å². The van der Waals surface area contributed by atoms with Crippen molar-refractivity contribution in [2.75, 3.05) is 25.5 Å². The van der Waals surface area contributed by atoms with Crippen molar-refractivity contribution in [2.45, 2.75) is 18.9 Å². The Labute approximate surface area is 140 Å². The minimum Gasteiger partial charge on any atom is -0.495 e. The van der Waals surface area contributed by atoms with Crippen LogP contribution in [0.1, 0.15) is 12.8 Å².